The highest BCUT2D eigenvalue weighted by Gasteiger charge is 2.38. The zero-order valence-corrected chi connectivity index (χ0v) is 17.3. The third-order valence-electron chi connectivity index (χ3n) is 6.71. The third kappa shape index (κ3) is 3.25. The lowest BCUT2D eigenvalue weighted by Crippen LogP contribution is -2.45. The second-order valence-electron chi connectivity index (χ2n) is 8.48. The summed E-state index contributed by atoms with van der Waals surface area (Å²) >= 11 is 0. The lowest BCUT2D eigenvalue weighted by atomic mass is 9.91. The van der Waals surface area contributed by atoms with Crippen LogP contribution in [0.15, 0.2) is 54.6 Å². The second-order valence-corrected chi connectivity index (χ2v) is 8.48. The maximum absolute atomic E-state index is 13.4. The third-order valence-corrected chi connectivity index (χ3v) is 6.71. The van der Waals surface area contributed by atoms with Crippen LogP contribution >= 0.6 is 0 Å². The van der Waals surface area contributed by atoms with Gasteiger partial charge in [-0.15, -0.1) is 0 Å². The zero-order valence-electron chi connectivity index (χ0n) is 17.3. The van der Waals surface area contributed by atoms with Gasteiger partial charge in [-0.05, 0) is 64.9 Å². The van der Waals surface area contributed by atoms with E-state index in [1.807, 2.05) is 23.1 Å². The lowest BCUT2D eigenvalue weighted by Gasteiger charge is -2.35. The Morgan fingerprint density at radius 1 is 1.03 bits per heavy atom. The molecule has 5 rings (SSSR count). The number of hydrogen-bond acceptors (Lipinski definition) is 3. The van der Waals surface area contributed by atoms with Gasteiger partial charge in [0, 0.05) is 12.1 Å². The fourth-order valence-corrected chi connectivity index (χ4v) is 5.10. The number of carbonyl (C=O) groups is 1. The molecule has 154 valence electrons. The first-order chi connectivity index (χ1) is 14.7. The van der Waals surface area contributed by atoms with E-state index in [9.17, 15) is 9.90 Å². The molecule has 1 N–H and O–H groups in total. The Bertz CT molecular complexity index is 1090. The Morgan fingerprint density at radius 3 is 2.50 bits per heavy atom. The Hall–Kier alpha value is -2.85. The number of rotatable bonds is 4. The van der Waals surface area contributed by atoms with E-state index < -0.39 is 6.10 Å². The number of carbonyl (C=O) groups excluding carboxylic acids is 1. The van der Waals surface area contributed by atoms with Gasteiger partial charge in [-0.1, -0.05) is 49.2 Å². The minimum absolute atomic E-state index is 0.0672. The Labute approximate surface area is 177 Å². The summed E-state index contributed by atoms with van der Waals surface area (Å²) in [5.41, 5.74) is 4.25. The summed E-state index contributed by atoms with van der Waals surface area (Å²) in [5, 5.41) is 12.9. The molecule has 3 aromatic carbocycles. The first-order valence-corrected chi connectivity index (χ1v) is 10.8. The molecular formula is C26H27NO3. The molecule has 1 heterocycles. The minimum Gasteiger partial charge on any atom is -0.497 e. The molecule has 3 aromatic rings. The fraction of sp³-hybridized carbons (Fsp3) is 0.346. The predicted molar refractivity (Wildman–Crippen MR) is 118 cm³/mol. The first-order valence-electron chi connectivity index (χ1n) is 10.8. The largest absolute Gasteiger partial charge is 0.497 e. The van der Waals surface area contributed by atoms with Crippen LogP contribution in [0, 0.1) is 0 Å². The molecule has 0 unspecified atom stereocenters. The average Bonchev–Trinajstić information content (AvgIpc) is 3.11. The number of amides is 1. The van der Waals surface area contributed by atoms with Crippen molar-refractivity contribution in [3.05, 3.63) is 76.9 Å². The van der Waals surface area contributed by atoms with Gasteiger partial charge in [-0.25, -0.2) is 0 Å². The molecule has 2 atom stereocenters. The van der Waals surface area contributed by atoms with Crippen molar-refractivity contribution in [2.24, 2.45) is 0 Å². The number of methoxy groups -OCH3 is 1. The topological polar surface area (TPSA) is 49.8 Å². The molecule has 1 saturated carbocycles. The number of nitrogens with zero attached hydrogens (tertiary/aromatic N) is 1. The van der Waals surface area contributed by atoms with E-state index in [1.54, 1.807) is 7.11 Å². The van der Waals surface area contributed by atoms with Crippen molar-refractivity contribution in [1.29, 1.82) is 0 Å². The minimum atomic E-state index is -0.415. The summed E-state index contributed by atoms with van der Waals surface area (Å²) in [5.74, 6) is 0.909. The highest BCUT2D eigenvalue weighted by molar-refractivity contribution is 6.05. The molecule has 2 aliphatic rings. The van der Waals surface area contributed by atoms with Crippen molar-refractivity contribution in [3.8, 4) is 5.75 Å². The number of aliphatic hydroxyl groups excluding tert-OH is 1. The normalized spacial score (nSPS) is 21.1. The van der Waals surface area contributed by atoms with Crippen LogP contribution in [0.1, 0.15) is 52.7 Å². The van der Waals surface area contributed by atoms with E-state index in [-0.39, 0.29) is 11.9 Å². The molecule has 30 heavy (non-hydrogen) atoms. The number of ether oxygens (including phenoxy) is 1. The number of fused-ring (bicyclic) bond motifs is 3. The van der Waals surface area contributed by atoms with Crippen LogP contribution in [-0.2, 0) is 13.0 Å². The highest BCUT2D eigenvalue weighted by Crippen LogP contribution is 2.37. The molecule has 0 aromatic heterocycles. The number of aliphatic hydroxyl groups is 1. The zero-order chi connectivity index (χ0) is 20.7. The molecular weight excluding hydrogens is 374 g/mol. The van der Waals surface area contributed by atoms with Gasteiger partial charge < -0.3 is 14.7 Å². The van der Waals surface area contributed by atoms with Gasteiger partial charge in [-0.3, -0.25) is 4.79 Å². The van der Waals surface area contributed by atoms with Gasteiger partial charge in [0.2, 0.25) is 0 Å². The number of hydrogen-bond donors (Lipinski definition) is 1. The molecule has 0 spiro atoms. The average molecular weight is 402 g/mol. The molecule has 1 amide bonds. The van der Waals surface area contributed by atoms with Crippen LogP contribution < -0.4 is 4.74 Å². The highest BCUT2D eigenvalue weighted by atomic mass is 16.5. The van der Waals surface area contributed by atoms with Gasteiger partial charge in [0.05, 0.1) is 19.3 Å². The first kappa shape index (κ1) is 19.1. The molecule has 0 radical (unpaired) electrons. The van der Waals surface area contributed by atoms with Gasteiger partial charge in [0.15, 0.2) is 0 Å². The summed E-state index contributed by atoms with van der Waals surface area (Å²) in [7, 11) is 1.67. The van der Waals surface area contributed by atoms with Crippen molar-refractivity contribution in [3.63, 3.8) is 0 Å². The lowest BCUT2D eigenvalue weighted by molar-refractivity contribution is 0.0192. The van der Waals surface area contributed by atoms with Crippen LogP contribution in [0.5, 0.6) is 5.75 Å². The molecule has 4 nitrogen and oxygen atoms in total. The monoisotopic (exact) mass is 401 g/mol. The van der Waals surface area contributed by atoms with Crippen LogP contribution in [0.4, 0.5) is 0 Å². The smallest absolute Gasteiger partial charge is 0.254 e. The van der Waals surface area contributed by atoms with Crippen LogP contribution in [0.25, 0.3) is 10.8 Å². The van der Waals surface area contributed by atoms with Gasteiger partial charge in [-0.2, -0.15) is 0 Å². The Morgan fingerprint density at radius 2 is 1.77 bits per heavy atom. The summed E-state index contributed by atoms with van der Waals surface area (Å²) in [6.45, 7) is 0.596. The van der Waals surface area contributed by atoms with Crippen molar-refractivity contribution >= 4 is 16.7 Å². The van der Waals surface area contributed by atoms with Crippen molar-refractivity contribution in [1.82, 2.24) is 4.90 Å². The molecule has 1 aliphatic carbocycles. The van der Waals surface area contributed by atoms with Gasteiger partial charge in [0.25, 0.3) is 5.91 Å². The molecule has 4 heteroatoms. The maximum Gasteiger partial charge on any atom is 0.254 e. The summed E-state index contributed by atoms with van der Waals surface area (Å²) in [6, 6.07) is 18.5. The standard InChI is InChI=1S/C26H27NO3/c1-30-19-12-10-17(11-13-19)14-18-15-22-23(21-7-3-2-6-20(18)21)16-27(26(22)29)24-8-4-5-9-25(24)28/h2-3,6-7,10-13,15,24-25,28H,4-5,8-9,14,16H2,1H3/t24-,25-/m0/s1. The summed E-state index contributed by atoms with van der Waals surface area (Å²) in [6.07, 6.45) is 4.14. The summed E-state index contributed by atoms with van der Waals surface area (Å²) in [4.78, 5) is 15.3. The van der Waals surface area contributed by atoms with Gasteiger partial charge >= 0.3 is 0 Å². The van der Waals surface area contributed by atoms with Crippen molar-refractivity contribution < 1.29 is 14.6 Å². The van der Waals surface area contributed by atoms with Gasteiger partial charge in [0.1, 0.15) is 5.75 Å². The van der Waals surface area contributed by atoms with E-state index in [2.05, 4.69) is 36.4 Å². The van der Waals surface area contributed by atoms with Crippen LogP contribution in [-0.4, -0.2) is 35.2 Å². The van der Waals surface area contributed by atoms with Crippen LogP contribution in [0.2, 0.25) is 0 Å². The predicted octanol–water partition coefficient (Wildman–Crippen LogP) is 4.70. The molecule has 1 fully saturated rings. The van der Waals surface area contributed by atoms with Crippen LogP contribution in [0.3, 0.4) is 0 Å². The van der Waals surface area contributed by atoms with E-state index in [0.29, 0.717) is 6.54 Å². The Kier molecular flexibility index (Phi) is 4.95. The van der Waals surface area contributed by atoms with Crippen molar-refractivity contribution in [2.45, 2.75) is 50.8 Å². The van der Waals surface area contributed by atoms with E-state index >= 15 is 0 Å². The van der Waals surface area contributed by atoms with E-state index in [0.717, 1.165) is 59.9 Å². The second kappa shape index (κ2) is 7.77. The maximum atomic E-state index is 13.4. The molecule has 0 saturated heterocycles. The fourth-order valence-electron chi connectivity index (χ4n) is 5.10. The molecule has 0 bridgehead atoms. The van der Waals surface area contributed by atoms with E-state index in [4.69, 9.17) is 4.74 Å². The number of benzene rings is 3. The van der Waals surface area contributed by atoms with Crippen molar-refractivity contribution in [2.75, 3.05) is 7.11 Å². The van der Waals surface area contributed by atoms with E-state index in [1.165, 1.54) is 10.9 Å². The Balaban J connectivity index is 1.54. The quantitative estimate of drug-likeness (QED) is 0.689. The SMILES string of the molecule is COc1ccc(Cc2cc3c(c4ccccc24)CN([C@H]2CCCC[C@@H]2O)C3=O)cc1. The summed E-state index contributed by atoms with van der Waals surface area (Å²) < 4.78 is 5.27. The molecule has 1 aliphatic heterocycles.